The summed E-state index contributed by atoms with van der Waals surface area (Å²) in [6.07, 6.45) is -3.80. The normalized spacial score (nSPS) is 13.5. The third-order valence-corrected chi connectivity index (χ3v) is 2.85. The van der Waals surface area contributed by atoms with Gasteiger partial charge in [0.1, 0.15) is 11.9 Å². The van der Waals surface area contributed by atoms with Gasteiger partial charge in [-0.25, -0.2) is 9.18 Å². The molecule has 0 heterocycles. The van der Waals surface area contributed by atoms with E-state index in [0.717, 1.165) is 0 Å². The fourth-order valence-electron chi connectivity index (χ4n) is 1.67. The second-order valence-corrected chi connectivity index (χ2v) is 4.91. The average molecular weight is 313 g/mol. The lowest BCUT2D eigenvalue weighted by molar-refractivity contribution is -0.315. The van der Waals surface area contributed by atoms with Gasteiger partial charge in [-0.3, -0.25) is 0 Å². The van der Waals surface area contributed by atoms with Crippen LogP contribution in [0.25, 0.3) is 0 Å². The summed E-state index contributed by atoms with van der Waals surface area (Å²) >= 11 is 0. The van der Waals surface area contributed by atoms with Gasteiger partial charge in [0.15, 0.2) is 13.0 Å². The summed E-state index contributed by atoms with van der Waals surface area (Å²) < 4.78 is 28.4. The van der Waals surface area contributed by atoms with E-state index in [2.05, 4.69) is 0 Å². The van der Waals surface area contributed by atoms with Crippen molar-refractivity contribution in [2.75, 3.05) is 13.9 Å². The number of carboxylic acids is 1. The van der Waals surface area contributed by atoms with Gasteiger partial charge in [-0.15, -0.1) is 0 Å². The van der Waals surface area contributed by atoms with E-state index in [4.69, 9.17) is 14.2 Å². The first-order valence-electron chi connectivity index (χ1n) is 6.64. The molecule has 122 valence electrons. The van der Waals surface area contributed by atoms with Crippen molar-refractivity contribution in [3.05, 3.63) is 29.8 Å². The summed E-state index contributed by atoms with van der Waals surface area (Å²) in [5.74, 6) is -2.76. The predicted octanol–water partition coefficient (Wildman–Crippen LogP) is 0.939. The Kier molecular flexibility index (Phi) is 6.78. The first-order chi connectivity index (χ1) is 10.4. The highest BCUT2D eigenvalue weighted by atomic mass is 19.1. The highest BCUT2D eigenvalue weighted by molar-refractivity contribution is 5.90. The molecule has 0 saturated heterocycles. The lowest BCUT2D eigenvalue weighted by Crippen LogP contribution is -2.45. The molecular formula is C15H18FO6-. The Balaban J connectivity index is 2.75. The van der Waals surface area contributed by atoms with Crippen molar-refractivity contribution in [3.8, 4) is 5.75 Å². The van der Waals surface area contributed by atoms with Gasteiger partial charge in [0.2, 0.25) is 0 Å². The molecule has 0 aliphatic carbocycles. The van der Waals surface area contributed by atoms with Crippen LogP contribution in [-0.2, 0) is 14.3 Å². The fraction of sp³-hybridized carbons (Fsp3) is 0.467. The monoisotopic (exact) mass is 313 g/mol. The smallest absolute Gasteiger partial charge is 0.338 e. The third-order valence-electron chi connectivity index (χ3n) is 2.85. The van der Waals surface area contributed by atoms with Crippen LogP contribution in [0.15, 0.2) is 24.3 Å². The maximum Gasteiger partial charge on any atom is 0.338 e. The Labute approximate surface area is 127 Å². The number of ether oxygens (including phenoxy) is 3. The molecule has 2 atom stereocenters. The molecule has 6 nitrogen and oxygen atoms in total. The number of hydrogen-bond acceptors (Lipinski definition) is 6. The summed E-state index contributed by atoms with van der Waals surface area (Å²) in [4.78, 5) is 22.5. The number of aliphatic carboxylic acids is 1. The van der Waals surface area contributed by atoms with Crippen LogP contribution >= 0.6 is 0 Å². The molecule has 0 amide bonds. The number of halogens is 1. The Bertz CT molecular complexity index is 499. The molecule has 1 rings (SSSR count). The van der Waals surface area contributed by atoms with Crippen LogP contribution in [-0.4, -0.2) is 38.1 Å². The number of rotatable bonds is 8. The maximum absolute atomic E-state index is 13.5. The van der Waals surface area contributed by atoms with Gasteiger partial charge < -0.3 is 24.1 Å². The standard InChI is InChI=1S/C15H19FO6/c1-9(2)13(12(16)14(17)18)22-15(19)10-4-6-11(7-5-10)21-8-20-3/h4-7,9,12-13H,8H2,1-3H3,(H,17,18)/p-1. The first-order valence-corrected chi connectivity index (χ1v) is 6.64. The molecule has 0 fully saturated rings. The van der Waals surface area contributed by atoms with Gasteiger partial charge in [-0.2, -0.15) is 0 Å². The Hall–Kier alpha value is -2.15. The molecule has 0 bridgehead atoms. The minimum atomic E-state index is -2.38. The largest absolute Gasteiger partial charge is 0.547 e. The predicted molar refractivity (Wildman–Crippen MR) is 72.9 cm³/mol. The zero-order valence-electron chi connectivity index (χ0n) is 12.6. The summed E-state index contributed by atoms with van der Waals surface area (Å²) in [6.45, 7) is 3.17. The Morgan fingerprint density at radius 3 is 2.27 bits per heavy atom. The van der Waals surface area contributed by atoms with Crippen LogP contribution < -0.4 is 9.84 Å². The lowest BCUT2D eigenvalue weighted by Gasteiger charge is -2.25. The minimum Gasteiger partial charge on any atom is -0.547 e. The molecule has 0 spiro atoms. The quantitative estimate of drug-likeness (QED) is 0.524. The molecule has 0 aliphatic heterocycles. The summed E-state index contributed by atoms with van der Waals surface area (Å²) in [6, 6.07) is 5.89. The number of alkyl halides is 1. The highest BCUT2D eigenvalue weighted by Crippen LogP contribution is 2.18. The first kappa shape index (κ1) is 17.9. The molecule has 0 N–H and O–H groups in total. The van der Waals surface area contributed by atoms with Gasteiger partial charge in [-0.05, 0) is 30.2 Å². The topological polar surface area (TPSA) is 84.9 Å². The second kappa shape index (κ2) is 8.33. The lowest BCUT2D eigenvalue weighted by atomic mass is 10.0. The number of carbonyl (C=O) groups is 2. The SMILES string of the molecule is COCOc1ccc(C(=O)OC(C(C)C)C(F)C(=O)[O-])cc1. The number of carboxylic acid groups (broad SMARTS) is 1. The molecule has 0 radical (unpaired) electrons. The Morgan fingerprint density at radius 1 is 1.23 bits per heavy atom. The molecule has 22 heavy (non-hydrogen) atoms. The summed E-state index contributed by atoms with van der Waals surface area (Å²) in [5, 5.41) is 10.6. The molecule has 0 saturated carbocycles. The van der Waals surface area contributed by atoms with E-state index in [0.29, 0.717) is 5.75 Å². The van der Waals surface area contributed by atoms with E-state index >= 15 is 0 Å². The molecule has 7 heteroatoms. The van der Waals surface area contributed by atoms with E-state index in [9.17, 15) is 19.1 Å². The van der Waals surface area contributed by atoms with Crippen molar-refractivity contribution in [1.29, 1.82) is 0 Å². The van der Waals surface area contributed by atoms with Gasteiger partial charge in [-0.1, -0.05) is 13.8 Å². The molecule has 1 aromatic carbocycles. The molecule has 1 aromatic rings. The zero-order valence-corrected chi connectivity index (χ0v) is 12.6. The molecule has 0 aliphatic rings. The van der Waals surface area contributed by atoms with E-state index < -0.39 is 30.1 Å². The van der Waals surface area contributed by atoms with Gasteiger partial charge in [0.25, 0.3) is 0 Å². The number of esters is 1. The summed E-state index contributed by atoms with van der Waals surface area (Å²) in [7, 11) is 1.47. The van der Waals surface area contributed by atoms with E-state index in [1.165, 1.54) is 31.4 Å². The van der Waals surface area contributed by atoms with Crippen LogP contribution in [0.5, 0.6) is 5.75 Å². The zero-order chi connectivity index (χ0) is 16.7. The minimum absolute atomic E-state index is 0.0638. The van der Waals surface area contributed by atoms with Crippen LogP contribution in [0.1, 0.15) is 24.2 Å². The third kappa shape index (κ3) is 5.00. The van der Waals surface area contributed by atoms with Crippen molar-refractivity contribution < 1.29 is 33.3 Å². The number of methoxy groups -OCH3 is 1. The number of benzene rings is 1. The van der Waals surface area contributed by atoms with Crippen molar-refractivity contribution >= 4 is 11.9 Å². The number of hydrogen-bond donors (Lipinski definition) is 0. The maximum atomic E-state index is 13.5. The second-order valence-electron chi connectivity index (χ2n) is 4.91. The van der Waals surface area contributed by atoms with Crippen molar-refractivity contribution in [3.63, 3.8) is 0 Å². The van der Waals surface area contributed by atoms with Crippen molar-refractivity contribution in [2.24, 2.45) is 5.92 Å². The molecule has 0 aromatic heterocycles. The van der Waals surface area contributed by atoms with E-state index in [-0.39, 0.29) is 12.4 Å². The van der Waals surface area contributed by atoms with Gasteiger partial charge in [0.05, 0.1) is 11.5 Å². The average Bonchev–Trinajstić information content (AvgIpc) is 2.49. The van der Waals surface area contributed by atoms with Crippen molar-refractivity contribution in [2.45, 2.75) is 26.1 Å². The Morgan fingerprint density at radius 2 is 1.82 bits per heavy atom. The van der Waals surface area contributed by atoms with E-state index in [1.807, 2.05) is 0 Å². The molecular weight excluding hydrogens is 295 g/mol. The molecule has 2 unspecified atom stereocenters. The van der Waals surface area contributed by atoms with Crippen LogP contribution in [0, 0.1) is 5.92 Å². The van der Waals surface area contributed by atoms with Crippen LogP contribution in [0.2, 0.25) is 0 Å². The highest BCUT2D eigenvalue weighted by Gasteiger charge is 2.29. The van der Waals surface area contributed by atoms with Gasteiger partial charge in [0, 0.05) is 7.11 Å². The van der Waals surface area contributed by atoms with Crippen LogP contribution in [0.4, 0.5) is 4.39 Å². The van der Waals surface area contributed by atoms with Crippen LogP contribution in [0.3, 0.4) is 0 Å². The number of carbonyl (C=O) groups excluding carboxylic acids is 2. The van der Waals surface area contributed by atoms with Gasteiger partial charge >= 0.3 is 5.97 Å². The summed E-state index contributed by atoms with van der Waals surface area (Å²) in [5.41, 5.74) is 0.154. The van der Waals surface area contributed by atoms with E-state index in [1.54, 1.807) is 13.8 Å². The fourth-order valence-corrected chi connectivity index (χ4v) is 1.67. The van der Waals surface area contributed by atoms with Crippen molar-refractivity contribution in [1.82, 2.24) is 0 Å².